The van der Waals surface area contributed by atoms with E-state index in [2.05, 4.69) is 15.6 Å². The van der Waals surface area contributed by atoms with Crippen LogP contribution in [0.25, 0.3) is 0 Å². The second-order valence-corrected chi connectivity index (χ2v) is 5.81. The van der Waals surface area contributed by atoms with Gasteiger partial charge in [0.1, 0.15) is 11.5 Å². The molecule has 0 aromatic heterocycles. The highest BCUT2D eigenvalue weighted by molar-refractivity contribution is 5.93. The summed E-state index contributed by atoms with van der Waals surface area (Å²) in [5.41, 5.74) is 1.99. The Morgan fingerprint density at radius 2 is 1.89 bits per heavy atom. The fourth-order valence-corrected chi connectivity index (χ4v) is 2.50. The molecule has 6 heteroatoms. The molecule has 0 aliphatic carbocycles. The largest absolute Gasteiger partial charge is 0.494 e. The van der Waals surface area contributed by atoms with Crippen LogP contribution in [0.3, 0.4) is 0 Å². The molecule has 0 spiro atoms. The molecule has 2 rings (SSSR count). The molecule has 0 radical (unpaired) electrons. The molecule has 0 fully saturated rings. The van der Waals surface area contributed by atoms with Crippen LogP contribution in [0.5, 0.6) is 11.5 Å². The number of rotatable bonds is 10. The topological polar surface area (TPSA) is 64.1 Å². The Morgan fingerprint density at radius 1 is 1.04 bits per heavy atom. The summed E-state index contributed by atoms with van der Waals surface area (Å²) in [5, 5.41) is 6.60. The summed E-state index contributed by atoms with van der Waals surface area (Å²) in [5.74, 6) is 2.38. The third kappa shape index (κ3) is 7.19. The number of nitrogens with one attached hydrogen (secondary N) is 2. The third-order valence-electron chi connectivity index (χ3n) is 3.80. The van der Waals surface area contributed by atoms with Crippen molar-refractivity contribution in [2.45, 2.75) is 19.9 Å². The Balaban J connectivity index is 1.91. The number of hydrogen-bond acceptors (Lipinski definition) is 4. The van der Waals surface area contributed by atoms with Gasteiger partial charge in [-0.3, -0.25) is 4.99 Å². The number of anilines is 1. The van der Waals surface area contributed by atoms with E-state index in [0.29, 0.717) is 32.3 Å². The van der Waals surface area contributed by atoms with Crippen molar-refractivity contribution in [2.75, 3.05) is 39.3 Å². The Hall–Kier alpha value is -2.73. The van der Waals surface area contributed by atoms with E-state index in [4.69, 9.17) is 14.2 Å². The molecule has 0 amide bonds. The monoisotopic (exact) mass is 371 g/mol. The predicted molar refractivity (Wildman–Crippen MR) is 110 cm³/mol. The van der Waals surface area contributed by atoms with Crippen LogP contribution < -0.4 is 20.1 Å². The van der Waals surface area contributed by atoms with Gasteiger partial charge in [0.15, 0.2) is 5.96 Å². The van der Waals surface area contributed by atoms with Crippen molar-refractivity contribution >= 4 is 11.6 Å². The van der Waals surface area contributed by atoms with Crippen molar-refractivity contribution in [1.82, 2.24) is 5.32 Å². The van der Waals surface area contributed by atoms with Crippen molar-refractivity contribution < 1.29 is 14.2 Å². The molecule has 0 atom stereocenters. The molecule has 0 heterocycles. The molecule has 27 heavy (non-hydrogen) atoms. The number of methoxy groups -OCH3 is 1. The minimum absolute atomic E-state index is 0.614. The van der Waals surface area contributed by atoms with Crippen molar-refractivity contribution in [1.29, 1.82) is 0 Å². The first-order chi connectivity index (χ1) is 13.3. The van der Waals surface area contributed by atoms with Crippen LogP contribution in [-0.2, 0) is 11.3 Å². The van der Waals surface area contributed by atoms with E-state index in [9.17, 15) is 0 Å². The summed E-state index contributed by atoms with van der Waals surface area (Å²) >= 11 is 0. The summed E-state index contributed by atoms with van der Waals surface area (Å²) in [6, 6.07) is 15.8. The van der Waals surface area contributed by atoms with Gasteiger partial charge in [-0.2, -0.15) is 0 Å². The number of nitrogens with zero attached hydrogens (tertiary/aromatic N) is 1. The van der Waals surface area contributed by atoms with Gasteiger partial charge in [0.25, 0.3) is 0 Å². The number of aliphatic imine (C=N–C) groups is 1. The summed E-state index contributed by atoms with van der Waals surface area (Å²) in [4.78, 5) is 4.29. The molecule has 6 nitrogen and oxygen atoms in total. The lowest BCUT2D eigenvalue weighted by atomic mass is 10.2. The maximum absolute atomic E-state index is 5.74. The fraction of sp³-hybridized carbons (Fsp3) is 0.381. The average Bonchev–Trinajstić information content (AvgIpc) is 2.70. The highest BCUT2D eigenvalue weighted by Crippen LogP contribution is 2.19. The van der Waals surface area contributed by atoms with Gasteiger partial charge in [0.2, 0.25) is 0 Å². The lowest BCUT2D eigenvalue weighted by Gasteiger charge is -2.15. The standard InChI is InChI=1S/C21H29N3O3/c1-4-26-20-12-6-5-9-17(20)16-23-21(22-2)24-18-10-7-11-19(15-18)27-14-8-13-25-3/h5-7,9-12,15H,4,8,13-14,16H2,1-3H3,(H2,22,23,24). The Kier molecular flexibility index (Phi) is 9.00. The van der Waals surface area contributed by atoms with Crippen LogP contribution in [0, 0.1) is 0 Å². The Morgan fingerprint density at radius 3 is 2.67 bits per heavy atom. The molecule has 0 saturated heterocycles. The third-order valence-corrected chi connectivity index (χ3v) is 3.80. The minimum atomic E-state index is 0.614. The first kappa shape index (κ1) is 20.6. The van der Waals surface area contributed by atoms with Crippen LogP contribution in [-0.4, -0.2) is 39.9 Å². The quantitative estimate of drug-likeness (QED) is 0.379. The highest BCUT2D eigenvalue weighted by Gasteiger charge is 2.05. The molecule has 0 aliphatic rings. The van der Waals surface area contributed by atoms with E-state index in [-0.39, 0.29) is 0 Å². The van der Waals surface area contributed by atoms with Crippen molar-refractivity contribution in [3.8, 4) is 11.5 Å². The minimum Gasteiger partial charge on any atom is -0.494 e. The second-order valence-electron chi connectivity index (χ2n) is 5.81. The van der Waals surface area contributed by atoms with Crippen LogP contribution in [0.2, 0.25) is 0 Å². The van der Waals surface area contributed by atoms with E-state index < -0.39 is 0 Å². The van der Waals surface area contributed by atoms with E-state index in [0.717, 1.165) is 29.2 Å². The highest BCUT2D eigenvalue weighted by atomic mass is 16.5. The summed E-state index contributed by atoms with van der Waals surface area (Å²) in [7, 11) is 3.44. The predicted octanol–water partition coefficient (Wildman–Crippen LogP) is 3.69. The molecule has 0 saturated carbocycles. The van der Waals surface area contributed by atoms with Crippen LogP contribution >= 0.6 is 0 Å². The van der Waals surface area contributed by atoms with Gasteiger partial charge in [-0.05, 0) is 25.1 Å². The molecule has 146 valence electrons. The SMILES string of the molecule is CCOc1ccccc1CNC(=NC)Nc1cccc(OCCCOC)c1. The summed E-state index contributed by atoms with van der Waals surface area (Å²) < 4.78 is 16.4. The zero-order chi connectivity index (χ0) is 19.3. The van der Waals surface area contributed by atoms with E-state index >= 15 is 0 Å². The molecule has 0 bridgehead atoms. The van der Waals surface area contributed by atoms with Gasteiger partial charge in [-0.1, -0.05) is 24.3 Å². The van der Waals surface area contributed by atoms with Crippen molar-refractivity contribution in [2.24, 2.45) is 4.99 Å². The van der Waals surface area contributed by atoms with Crippen molar-refractivity contribution in [3.05, 3.63) is 54.1 Å². The first-order valence-electron chi connectivity index (χ1n) is 9.17. The normalized spacial score (nSPS) is 11.1. The lowest BCUT2D eigenvalue weighted by Crippen LogP contribution is -2.30. The van der Waals surface area contributed by atoms with Crippen LogP contribution in [0.15, 0.2) is 53.5 Å². The zero-order valence-corrected chi connectivity index (χ0v) is 16.3. The van der Waals surface area contributed by atoms with Gasteiger partial charge in [0, 0.05) is 51.0 Å². The number of hydrogen-bond donors (Lipinski definition) is 2. The molecular formula is C21H29N3O3. The van der Waals surface area contributed by atoms with Crippen LogP contribution in [0.1, 0.15) is 18.9 Å². The maximum atomic E-state index is 5.74. The van der Waals surface area contributed by atoms with E-state index in [1.165, 1.54) is 0 Å². The van der Waals surface area contributed by atoms with Gasteiger partial charge in [-0.15, -0.1) is 0 Å². The average molecular weight is 371 g/mol. The fourth-order valence-electron chi connectivity index (χ4n) is 2.50. The summed E-state index contributed by atoms with van der Waals surface area (Å²) in [6.45, 7) is 4.55. The molecule has 0 unspecified atom stereocenters. The maximum Gasteiger partial charge on any atom is 0.195 e. The first-order valence-corrected chi connectivity index (χ1v) is 9.17. The Bertz CT molecular complexity index is 719. The van der Waals surface area contributed by atoms with Gasteiger partial charge in [0.05, 0.1) is 13.2 Å². The van der Waals surface area contributed by atoms with E-state index in [1.54, 1.807) is 14.2 Å². The molecular weight excluding hydrogens is 342 g/mol. The Labute approximate surface area is 161 Å². The molecule has 2 N–H and O–H groups in total. The number of guanidine groups is 1. The van der Waals surface area contributed by atoms with Gasteiger partial charge in [-0.25, -0.2) is 0 Å². The summed E-state index contributed by atoms with van der Waals surface area (Å²) in [6.07, 6.45) is 0.858. The van der Waals surface area contributed by atoms with Gasteiger partial charge >= 0.3 is 0 Å². The lowest BCUT2D eigenvalue weighted by molar-refractivity contribution is 0.172. The number of benzene rings is 2. The molecule has 0 aliphatic heterocycles. The zero-order valence-electron chi connectivity index (χ0n) is 16.3. The van der Waals surface area contributed by atoms with Gasteiger partial charge < -0.3 is 24.8 Å². The van der Waals surface area contributed by atoms with Crippen molar-refractivity contribution in [3.63, 3.8) is 0 Å². The molecule has 2 aromatic carbocycles. The number of para-hydroxylation sites is 1. The second kappa shape index (κ2) is 11.8. The smallest absolute Gasteiger partial charge is 0.195 e. The molecule has 2 aromatic rings. The number of ether oxygens (including phenoxy) is 3. The van der Waals surface area contributed by atoms with Crippen LogP contribution in [0.4, 0.5) is 5.69 Å². The van der Waals surface area contributed by atoms with E-state index in [1.807, 2.05) is 55.5 Å².